The Morgan fingerprint density at radius 2 is 2.25 bits per heavy atom. The van der Waals surface area contributed by atoms with Gasteiger partial charge in [-0.25, -0.2) is 0 Å². The van der Waals surface area contributed by atoms with Gasteiger partial charge in [0.15, 0.2) is 12.4 Å². The van der Waals surface area contributed by atoms with Crippen LogP contribution in [0.1, 0.15) is 37.2 Å². The monoisotopic (exact) mass is 339 g/mol. The van der Waals surface area contributed by atoms with Gasteiger partial charge in [0.1, 0.15) is 5.75 Å². The first kappa shape index (κ1) is 15.0. The van der Waals surface area contributed by atoms with Crippen LogP contribution in [0.4, 0.5) is 0 Å². The average Bonchev–Trinajstić information content (AvgIpc) is 2.92. The van der Waals surface area contributed by atoms with Gasteiger partial charge in [0.25, 0.3) is 5.89 Å². The summed E-state index contributed by atoms with van der Waals surface area (Å²) < 4.78 is 11.9. The lowest BCUT2D eigenvalue weighted by Gasteiger charge is -2.16. The number of nitrogens with one attached hydrogen (secondary N) is 1. The van der Waals surface area contributed by atoms with Crippen LogP contribution in [0.3, 0.4) is 0 Å². The number of benzene rings is 1. The molecule has 1 heterocycles. The Morgan fingerprint density at radius 1 is 1.45 bits per heavy atom. The van der Waals surface area contributed by atoms with Gasteiger partial charge in [0.05, 0.1) is 0 Å². The van der Waals surface area contributed by atoms with Crippen LogP contribution >= 0.6 is 15.9 Å². The van der Waals surface area contributed by atoms with Crippen molar-refractivity contribution in [2.24, 2.45) is 0 Å². The predicted molar refractivity (Wildman–Crippen MR) is 79.6 cm³/mol. The summed E-state index contributed by atoms with van der Waals surface area (Å²) in [7, 11) is 1.92. The molecule has 1 aromatic carbocycles. The molecule has 0 fully saturated rings. The van der Waals surface area contributed by atoms with E-state index in [4.69, 9.17) is 9.26 Å². The smallest absolute Gasteiger partial charge is 0.264 e. The van der Waals surface area contributed by atoms with E-state index in [0.717, 1.165) is 22.2 Å². The molecule has 0 saturated carbocycles. The number of ether oxygens (including phenoxy) is 1. The van der Waals surface area contributed by atoms with Crippen molar-refractivity contribution in [3.63, 3.8) is 0 Å². The van der Waals surface area contributed by atoms with Crippen LogP contribution in [0, 0.1) is 0 Å². The SMILES string of the molecule is CCc1noc(COc2cc(Br)ccc2C(C)NC)n1. The summed E-state index contributed by atoms with van der Waals surface area (Å²) in [6, 6.07) is 6.18. The summed E-state index contributed by atoms with van der Waals surface area (Å²) >= 11 is 3.46. The zero-order valence-electron chi connectivity index (χ0n) is 11.8. The van der Waals surface area contributed by atoms with E-state index in [2.05, 4.69) is 38.3 Å². The molecule has 2 aromatic rings. The Labute approximate surface area is 126 Å². The summed E-state index contributed by atoms with van der Waals surface area (Å²) in [5.74, 6) is 1.99. The van der Waals surface area contributed by atoms with E-state index in [9.17, 15) is 0 Å². The maximum atomic E-state index is 5.82. The number of aromatic nitrogens is 2. The van der Waals surface area contributed by atoms with E-state index in [-0.39, 0.29) is 12.6 Å². The number of halogens is 1. The van der Waals surface area contributed by atoms with Gasteiger partial charge in [-0.1, -0.05) is 34.1 Å². The number of hydrogen-bond donors (Lipinski definition) is 1. The van der Waals surface area contributed by atoms with Crippen molar-refractivity contribution in [2.45, 2.75) is 32.9 Å². The summed E-state index contributed by atoms with van der Waals surface area (Å²) in [6.07, 6.45) is 0.752. The first-order valence-corrected chi connectivity index (χ1v) is 7.34. The van der Waals surface area contributed by atoms with Gasteiger partial charge in [-0.15, -0.1) is 0 Å². The lowest BCUT2D eigenvalue weighted by Crippen LogP contribution is -2.13. The number of nitrogens with zero attached hydrogens (tertiary/aromatic N) is 2. The van der Waals surface area contributed by atoms with Crippen LogP contribution in [-0.2, 0) is 13.0 Å². The topological polar surface area (TPSA) is 60.2 Å². The molecule has 20 heavy (non-hydrogen) atoms. The second kappa shape index (κ2) is 6.85. The fourth-order valence-corrected chi connectivity index (χ4v) is 2.12. The molecule has 0 aliphatic carbocycles. The molecule has 0 spiro atoms. The van der Waals surface area contributed by atoms with Gasteiger partial charge in [-0.05, 0) is 26.1 Å². The Hall–Kier alpha value is -1.40. The molecule has 0 radical (unpaired) electrons. The molecular weight excluding hydrogens is 322 g/mol. The Kier molecular flexibility index (Phi) is 5.14. The highest BCUT2D eigenvalue weighted by Gasteiger charge is 2.12. The van der Waals surface area contributed by atoms with Crippen LogP contribution in [0.2, 0.25) is 0 Å². The Balaban J connectivity index is 2.13. The van der Waals surface area contributed by atoms with E-state index in [0.29, 0.717) is 11.7 Å². The second-order valence-electron chi connectivity index (χ2n) is 4.44. The first-order chi connectivity index (χ1) is 9.63. The third-order valence-electron chi connectivity index (χ3n) is 3.05. The molecular formula is C14H18BrN3O2. The van der Waals surface area contributed by atoms with Gasteiger partial charge in [0.2, 0.25) is 0 Å². The van der Waals surface area contributed by atoms with Gasteiger partial charge >= 0.3 is 0 Å². The molecule has 2 rings (SSSR count). The highest BCUT2D eigenvalue weighted by atomic mass is 79.9. The largest absolute Gasteiger partial charge is 0.483 e. The van der Waals surface area contributed by atoms with E-state index >= 15 is 0 Å². The molecule has 1 N–H and O–H groups in total. The highest BCUT2D eigenvalue weighted by Crippen LogP contribution is 2.29. The average molecular weight is 340 g/mol. The third-order valence-corrected chi connectivity index (χ3v) is 3.55. The van der Waals surface area contributed by atoms with Gasteiger partial charge < -0.3 is 14.6 Å². The zero-order chi connectivity index (χ0) is 14.5. The van der Waals surface area contributed by atoms with E-state index in [1.165, 1.54) is 0 Å². The summed E-state index contributed by atoms with van der Waals surface area (Å²) in [4.78, 5) is 4.23. The molecule has 1 atom stereocenters. The molecule has 5 nitrogen and oxygen atoms in total. The molecule has 108 valence electrons. The minimum Gasteiger partial charge on any atom is -0.483 e. The van der Waals surface area contributed by atoms with E-state index in [1.807, 2.05) is 32.2 Å². The minimum atomic E-state index is 0.201. The van der Waals surface area contributed by atoms with Crippen molar-refractivity contribution in [3.05, 3.63) is 40.0 Å². The number of aryl methyl sites for hydroxylation is 1. The Morgan fingerprint density at radius 3 is 2.90 bits per heavy atom. The quantitative estimate of drug-likeness (QED) is 0.875. The lowest BCUT2D eigenvalue weighted by molar-refractivity contribution is 0.239. The maximum absolute atomic E-state index is 5.82. The normalized spacial score (nSPS) is 12.4. The van der Waals surface area contributed by atoms with Crippen LogP contribution in [0.5, 0.6) is 5.75 Å². The van der Waals surface area contributed by atoms with Crippen molar-refractivity contribution >= 4 is 15.9 Å². The highest BCUT2D eigenvalue weighted by molar-refractivity contribution is 9.10. The molecule has 1 unspecified atom stereocenters. The maximum Gasteiger partial charge on any atom is 0.264 e. The van der Waals surface area contributed by atoms with Crippen LogP contribution in [0.15, 0.2) is 27.2 Å². The molecule has 0 bridgehead atoms. The van der Waals surface area contributed by atoms with E-state index in [1.54, 1.807) is 0 Å². The van der Waals surface area contributed by atoms with Gasteiger partial charge in [-0.2, -0.15) is 4.98 Å². The molecule has 0 aliphatic heterocycles. The number of rotatable bonds is 6. The fraction of sp³-hybridized carbons (Fsp3) is 0.429. The predicted octanol–water partition coefficient (Wildman–Crippen LogP) is 3.25. The Bertz CT molecular complexity index is 571. The molecule has 1 aromatic heterocycles. The van der Waals surface area contributed by atoms with Crippen LogP contribution in [-0.4, -0.2) is 17.2 Å². The minimum absolute atomic E-state index is 0.201. The van der Waals surface area contributed by atoms with Crippen molar-refractivity contribution in [2.75, 3.05) is 7.05 Å². The fourth-order valence-electron chi connectivity index (χ4n) is 1.78. The lowest BCUT2D eigenvalue weighted by atomic mass is 10.1. The zero-order valence-corrected chi connectivity index (χ0v) is 13.4. The van der Waals surface area contributed by atoms with Gasteiger partial charge in [-0.3, -0.25) is 0 Å². The molecule has 6 heteroatoms. The van der Waals surface area contributed by atoms with Crippen molar-refractivity contribution in [1.29, 1.82) is 0 Å². The standard InChI is InChI=1S/C14H18BrN3O2/c1-4-13-17-14(20-18-13)8-19-12-7-10(15)5-6-11(12)9(2)16-3/h5-7,9,16H,4,8H2,1-3H3. The molecule has 0 aliphatic rings. The van der Waals surface area contributed by atoms with Crippen molar-refractivity contribution < 1.29 is 9.26 Å². The van der Waals surface area contributed by atoms with Crippen molar-refractivity contribution in [3.8, 4) is 5.75 Å². The first-order valence-electron chi connectivity index (χ1n) is 6.55. The summed E-state index contributed by atoms with van der Waals surface area (Å²) in [5, 5.41) is 7.06. The van der Waals surface area contributed by atoms with Crippen LogP contribution in [0.25, 0.3) is 0 Å². The number of hydrogen-bond acceptors (Lipinski definition) is 5. The second-order valence-corrected chi connectivity index (χ2v) is 5.35. The summed E-state index contributed by atoms with van der Waals surface area (Å²) in [6.45, 7) is 4.33. The third kappa shape index (κ3) is 3.58. The van der Waals surface area contributed by atoms with E-state index < -0.39 is 0 Å². The summed E-state index contributed by atoms with van der Waals surface area (Å²) in [5.41, 5.74) is 1.09. The van der Waals surface area contributed by atoms with Crippen LogP contribution < -0.4 is 10.1 Å². The molecule has 0 saturated heterocycles. The molecule has 0 amide bonds. The van der Waals surface area contributed by atoms with Crippen molar-refractivity contribution in [1.82, 2.24) is 15.5 Å². The van der Waals surface area contributed by atoms with Gasteiger partial charge in [0, 0.05) is 22.5 Å².